The molecule has 0 aliphatic heterocycles. The minimum atomic E-state index is -0.419. The second-order valence-electron chi connectivity index (χ2n) is 5.50. The van der Waals surface area contributed by atoms with Crippen molar-refractivity contribution >= 4 is 0 Å². The Balaban J connectivity index is 1.64. The molecule has 0 aliphatic rings. The molecule has 3 aromatic rings. The fourth-order valence-electron chi connectivity index (χ4n) is 2.22. The van der Waals surface area contributed by atoms with Crippen molar-refractivity contribution in [3.63, 3.8) is 0 Å². The number of aryl methyl sites for hydroxylation is 1. The number of benzene rings is 1. The van der Waals surface area contributed by atoms with Gasteiger partial charge in [0.1, 0.15) is 11.5 Å². The molecule has 0 aliphatic carbocycles. The molecule has 0 saturated heterocycles. The molecule has 1 N–H and O–H groups in total. The highest BCUT2D eigenvalue weighted by Gasteiger charge is 2.10. The van der Waals surface area contributed by atoms with Gasteiger partial charge in [-0.05, 0) is 37.6 Å². The van der Waals surface area contributed by atoms with Crippen molar-refractivity contribution < 1.29 is 13.7 Å². The molecule has 0 fully saturated rings. The van der Waals surface area contributed by atoms with Gasteiger partial charge in [0, 0.05) is 24.9 Å². The summed E-state index contributed by atoms with van der Waals surface area (Å²) in [5.41, 5.74) is 1.83. The minimum absolute atomic E-state index is 0.0477. The van der Waals surface area contributed by atoms with E-state index in [4.69, 9.17) is 9.26 Å². The van der Waals surface area contributed by atoms with E-state index in [1.54, 1.807) is 30.5 Å². The normalized spacial score (nSPS) is 12.1. The summed E-state index contributed by atoms with van der Waals surface area (Å²) in [4.78, 5) is 4.12. The maximum absolute atomic E-state index is 13.6. The Morgan fingerprint density at radius 1 is 1.25 bits per heavy atom. The van der Waals surface area contributed by atoms with Crippen molar-refractivity contribution in [2.45, 2.75) is 26.4 Å². The summed E-state index contributed by atoms with van der Waals surface area (Å²) >= 11 is 0. The van der Waals surface area contributed by atoms with E-state index < -0.39 is 5.82 Å². The van der Waals surface area contributed by atoms with Crippen LogP contribution in [0.3, 0.4) is 0 Å². The topological polar surface area (TPSA) is 60.2 Å². The molecule has 3 rings (SSSR count). The Bertz CT molecular complexity index is 819. The number of para-hydroxylation sites is 1. The predicted octanol–water partition coefficient (Wildman–Crippen LogP) is 4.16. The fraction of sp³-hybridized carbons (Fsp3) is 0.222. The Hall–Kier alpha value is -2.73. The van der Waals surface area contributed by atoms with Gasteiger partial charge in [-0.3, -0.25) is 0 Å². The van der Waals surface area contributed by atoms with Gasteiger partial charge in [-0.2, -0.15) is 0 Å². The van der Waals surface area contributed by atoms with Crippen molar-refractivity contribution in [2.75, 3.05) is 0 Å². The molecule has 0 amide bonds. The first kappa shape index (κ1) is 16.1. The van der Waals surface area contributed by atoms with Crippen LogP contribution >= 0.6 is 0 Å². The maximum atomic E-state index is 13.6. The lowest BCUT2D eigenvalue weighted by molar-refractivity contribution is 0.380. The standard InChI is InChI=1S/C18H18FN3O2/c1-12-9-16(22-24-12)13(2)21-11-14-7-8-20-18(10-14)23-17-6-4-3-5-15(17)19/h3-10,13,21H,11H2,1-2H3/t13-/m1/s1. The van der Waals surface area contributed by atoms with Gasteiger partial charge in [-0.15, -0.1) is 0 Å². The van der Waals surface area contributed by atoms with Crippen LogP contribution in [0.4, 0.5) is 4.39 Å². The molecular formula is C18H18FN3O2. The first-order chi connectivity index (χ1) is 11.6. The maximum Gasteiger partial charge on any atom is 0.219 e. The van der Waals surface area contributed by atoms with Crippen LogP contribution in [0.1, 0.15) is 30.0 Å². The molecule has 1 atom stereocenters. The second-order valence-corrected chi connectivity index (χ2v) is 5.50. The van der Waals surface area contributed by atoms with Crippen LogP contribution in [0.5, 0.6) is 11.6 Å². The number of hydrogen-bond acceptors (Lipinski definition) is 5. The minimum Gasteiger partial charge on any atom is -0.436 e. The Morgan fingerprint density at radius 2 is 2.08 bits per heavy atom. The van der Waals surface area contributed by atoms with E-state index in [-0.39, 0.29) is 11.8 Å². The summed E-state index contributed by atoms with van der Waals surface area (Å²) in [5.74, 6) is 0.867. The quantitative estimate of drug-likeness (QED) is 0.736. The van der Waals surface area contributed by atoms with Crippen LogP contribution in [0.15, 0.2) is 53.2 Å². The largest absolute Gasteiger partial charge is 0.436 e. The number of nitrogens with one attached hydrogen (secondary N) is 1. The van der Waals surface area contributed by atoms with E-state index >= 15 is 0 Å². The molecule has 124 valence electrons. The Labute approximate surface area is 139 Å². The van der Waals surface area contributed by atoms with Gasteiger partial charge in [0.25, 0.3) is 0 Å². The molecule has 0 saturated carbocycles. The van der Waals surface area contributed by atoms with E-state index in [2.05, 4.69) is 15.5 Å². The molecule has 0 spiro atoms. The van der Waals surface area contributed by atoms with Gasteiger partial charge in [0.2, 0.25) is 5.88 Å². The van der Waals surface area contributed by atoms with E-state index in [1.807, 2.05) is 26.0 Å². The number of halogens is 1. The zero-order chi connectivity index (χ0) is 16.9. The van der Waals surface area contributed by atoms with Crippen LogP contribution in [0.25, 0.3) is 0 Å². The summed E-state index contributed by atoms with van der Waals surface area (Å²) in [6.45, 7) is 4.47. The fourth-order valence-corrected chi connectivity index (χ4v) is 2.22. The predicted molar refractivity (Wildman–Crippen MR) is 87.2 cm³/mol. The van der Waals surface area contributed by atoms with E-state index in [0.717, 1.165) is 17.0 Å². The van der Waals surface area contributed by atoms with Crippen molar-refractivity contribution in [2.24, 2.45) is 0 Å². The summed E-state index contributed by atoms with van der Waals surface area (Å²) in [6.07, 6.45) is 1.64. The molecule has 2 aromatic heterocycles. The highest BCUT2D eigenvalue weighted by atomic mass is 19.1. The third kappa shape index (κ3) is 3.97. The SMILES string of the molecule is Cc1cc([C@@H](C)NCc2ccnc(Oc3ccccc3F)c2)no1. The third-order valence-corrected chi connectivity index (χ3v) is 3.55. The zero-order valence-corrected chi connectivity index (χ0v) is 13.5. The summed E-state index contributed by atoms with van der Waals surface area (Å²) in [6, 6.07) is 11.8. The summed E-state index contributed by atoms with van der Waals surface area (Å²) in [5, 5.41) is 7.35. The van der Waals surface area contributed by atoms with Crippen LogP contribution in [-0.4, -0.2) is 10.1 Å². The smallest absolute Gasteiger partial charge is 0.219 e. The highest BCUT2D eigenvalue weighted by molar-refractivity contribution is 5.30. The molecule has 24 heavy (non-hydrogen) atoms. The summed E-state index contributed by atoms with van der Waals surface area (Å²) < 4.78 is 24.2. The lowest BCUT2D eigenvalue weighted by Crippen LogP contribution is -2.18. The number of hydrogen-bond donors (Lipinski definition) is 1. The van der Waals surface area contributed by atoms with Gasteiger partial charge in [-0.25, -0.2) is 9.37 Å². The van der Waals surface area contributed by atoms with Gasteiger partial charge in [-0.1, -0.05) is 17.3 Å². The lowest BCUT2D eigenvalue weighted by Gasteiger charge is -2.11. The molecule has 1 aromatic carbocycles. The monoisotopic (exact) mass is 327 g/mol. The van der Waals surface area contributed by atoms with Crippen LogP contribution in [0.2, 0.25) is 0 Å². The zero-order valence-electron chi connectivity index (χ0n) is 13.5. The van der Waals surface area contributed by atoms with Crippen molar-refractivity contribution in [3.05, 3.63) is 71.5 Å². The molecule has 0 radical (unpaired) electrons. The number of aromatic nitrogens is 2. The average Bonchev–Trinajstić information content (AvgIpc) is 3.02. The van der Waals surface area contributed by atoms with E-state index in [1.165, 1.54) is 6.07 Å². The van der Waals surface area contributed by atoms with Gasteiger partial charge < -0.3 is 14.6 Å². The van der Waals surface area contributed by atoms with Crippen molar-refractivity contribution in [1.29, 1.82) is 0 Å². The van der Waals surface area contributed by atoms with Gasteiger partial charge >= 0.3 is 0 Å². The number of rotatable bonds is 6. The van der Waals surface area contributed by atoms with E-state index in [0.29, 0.717) is 12.4 Å². The first-order valence-electron chi connectivity index (χ1n) is 7.66. The van der Waals surface area contributed by atoms with Gasteiger partial charge in [0.05, 0.1) is 6.04 Å². The van der Waals surface area contributed by atoms with Crippen LogP contribution < -0.4 is 10.1 Å². The number of ether oxygens (including phenoxy) is 1. The summed E-state index contributed by atoms with van der Waals surface area (Å²) in [7, 11) is 0. The van der Waals surface area contributed by atoms with Crippen molar-refractivity contribution in [1.82, 2.24) is 15.5 Å². The average molecular weight is 327 g/mol. The van der Waals surface area contributed by atoms with Crippen LogP contribution in [0, 0.1) is 12.7 Å². The highest BCUT2D eigenvalue weighted by Crippen LogP contribution is 2.23. The molecule has 6 heteroatoms. The first-order valence-corrected chi connectivity index (χ1v) is 7.66. The number of nitrogens with zero attached hydrogens (tertiary/aromatic N) is 2. The Kier molecular flexibility index (Phi) is 4.86. The van der Waals surface area contributed by atoms with Crippen LogP contribution in [-0.2, 0) is 6.54 Å². The lowest BCUT2D eigenvalue weighted by atomic mass is 10.2. The molecule has 2 heterocycles. The Morgan fingerprint density at radius 3 is 2.83 bits per heavy atom. The molecule has 5 nitrogen and oxygen atoms in total. The number of pyridine rings is 1. The molecular weight excluding hydrogens is 309 g/mol. The van der Waals surface area contributed by atoms with E-state index in [9.17, 15) is 4.39 Å². The molecule has 0 unspecified atom stereocenters. The second kappa shape index (κ2) is 7.23. The third-order valence-electron chi connectivity index (χ3n) is 3.55. The van der Waals surface area contributed by atoms with Crippen molar-refractivity contribution in [3.8, 4) is 11.6 Å². The van der Waals surface area contributed by atoms with Gasteiger partial charge in [0.15, 0.2) is 11.6 Å². The molecule has 0 bridgehead atoms.